The Morgan fingerprint density at radius 3 is 2.29 bits per heavy atom. The molecule has 10 nitrogen and oxygen atoms in total. The summed E-state index contributed by atoms with van der Waals surface area (Å²) in [5, 5.41) is 20.8. The average Bonchev–Trinajstić information content (AvgIpc) is 3.13. The fraction of sp³-hybridized carbons (Fsp3) is 0.333. The van der Waals surface area contributed by atoms with E-state index in [9.17, 15) is 28.2 Å². The number of amides is 1. The van der Waals surface area contributed by atoms with Crippen LogP contribution in [0.2, 0.25) is 0 Å². The summed E-state index contributed by atoms with van der Waals surface area (Å²) in [4.78, 5) is 27.1. The third-order valence-corrected chi connectivity index (χ3v) is 7.93. The molecule has 1 amide bonds. The molecule has 2 heterocycles. The van der Waals surface area contributed by atoms with E-state index in [1.54, 1.807) is 12.1 Å². The molecule has 35 heavy (non-hydrogen) atoms. The van der Waals surface area contributed by atoms with Gasteiger partial charge < -0.3 is 24.6 Å². The molecule has 0 spiro atoms. The van der Waals surface area contributed by atoms with Crippen LogP contribution < -0.4 is 0 Å². The van der Waals surface area contributed by atoms with Crippen molar-refractivity contribution < 1.29 is 37.7 Å². The van der Waals surface area contributed by atoms with Gasteiger partial charge in [0.2, 0.25) is 10.0 Å². The number of aromatic hydroxyl groups is 1. The summed E-state index contributed by atoms with van der Waals surface area (Å²) in [6.45, 7) is 1.43. The van der Waals surface area contributed by atoms with E-state index in [-0.39, 0.29) is 48.0 Å². The zero-order valence-corrected chi connectivity index (χ0v) is 19.9. The van der Waals surface area contributed by atoms with Gasteiger partial charge in [0, 0.05) is 32.3 Å². The molecule has 2 aromatic carbocycles. The predicted molar refractivity (Wildman–Crippen MR) is 125 cm³/mol. The maximum atomic E-state index is 13.0. The van der Waals surface area contributed by atoms with Gasteiger partial charge in [-0.05, 0) is 42.0 Å². The predicted octanol–water partition coefficient (Wildman–Crippen LogP) is 1.48. The number of carbonyl (C=O) groups is 2. The number of rotatable bonds is 7. The lowest BCUT2D eigenvalue weighted by molar-refractivity contribution is -0.140. The smallest absolute Gasteiger partial charge is 0.295 e. The monoisotopic (exact) mass is 502 g/mol. The molecule has 2 aliphatic rings. The number of hydrogen-bond donors (Lipinski definition) is 2. The van der Waals surface area contributed by atoms with Gasteiger partial charge in [0.15, 0.2) is 0 Å². The number of morpholine rings is 1. The summed E-state index contributed by atoms with van der Waals surface area (Å²) >= 11 is 0. The first kappa shape index (κ1) is 24.9. The lowest BCUT2D eigenvalue weighted by atomic mass is 9.95. The number of likely N-dealkylation sites (tertiary alicyclic amines) is 1. The second-order valence-corrected chi connectivity index (χ2v) is 10.1. The minimum Gasteiger partial charge on any atom is -0.508 e. The number of Topliss-reactive ketones (excluding diaryl/α,β-unsaturated/α-hetero) is 1. The molecule has 11 heteroatoms. The molecule has 2 N–H and O–H groups in total. The molecule has 1 atom stereocenters. The van der Waals surface area contributed by atoms with Crippen LogP contribution in [0.3, 0.4) is 0 Å². The first-order valence-corrected chi connectivity index (χ1v) is 12.4. The minimum atomic E-state index is -3.73. The van der Waals surface area contributed by atoms with Gasteiger partial charge in [-0.15, -0.1) is 0 Å². The van der Waals surface area contributed by atoms with Gasteiger partial charge in [-0.1, -0.05) is 12.1 Å². The number of ketones is 1. The SMILES string of the molecule is COCCN1C(=O)C(=O)/C(=C(/O)c2ccc(S(=O)(=O)N3CCOCC3)cc2)[C@@H]1c1ccc(O)cc1. The van der Waals surface area contributed by atoms with Crippen molar-refractivity contribution in [3.63, 3.8) is 0 Å². The summed E-state index contributed by atoms with van der Waals surface area (Å²) < 4.78 is 37.4. The summed E-state index contributed by atoms with van der Waals surface area (Å²) in [7, 11) is -2.26. The molecule has 0 saturated carbocycles. The molecule has 0 aliphatic carbocycles. The fourth-order valence-corrected chi connectivity index (χ4v) is 5.59. The Kier molecular flexibility index (Phi) is 7.22. The molecule has 0 unspecified atom stereocenters. The Hall–Kier alpha value is -3.25. The zero-order chi connectivity index (χ0) is 25.2. The quantitative estimate of drug-likeness (QED) is 0.330. The van der Waals surface area contributed by atoms with Gasteiger partial charge in [-0.3, -0.25) is 9.59 Å². The van der Waals surface area contributed by atoms with Crippen LogP contribution in [-0.4, -0.2) is 86.1 Å². The van der Waals surface area contributed by atoms with Gasteiger partial charge in [0.05, 0.1) is 36.3 Å². The van der Waals surface area contributed by atoms with E-state index in [1.807, 2.05) is 0 Å². The molecular formula is C24H26N2O8S. The van der Waals surface area contributed by atoms with Gasteiger partial charge in [0.25, 0.3) is 11.7 Å². The number of benzene rings is 2. The molecule has 2 aliphatic heterocycles. The Bertz CT molecular complexity index is 1230. The molecule has 2 saturated heterocycles. The molecule has 4 rings (SSSR count). The number of ether oxygens (including phenoxy) is 2. The summed E-state index contributed by atoms with van der Waals surface area (Å²) in [6.07, 6.45) is 0. The molecule has 0 bridgehead atoms. The molecule has 2 aromatic rings. The van der Waals surface area contributed by atoms with Crippen molar-refractivity contribution in [1.82, 2.24) is 9.21 Å². The van der Waals surface area contributed by atoms with E-state index in [0.29, 0.717) is 18.8 Å². The number of nitrogens with zero attached hydrogens (tertiary/aromatic N) is 2. The van der Waals surface area contributed by atoms with Crippen LogP contribution in [0.15, 0.2) is 59.0 Å². The van der Waals surface area contributed by atoms with Crippen molar-refractivity contribution >= 4 is 27.5 Å². The number of carbonyl (C=O) groups excluding carboxylic acids is 2. The van der Waals surface area contributed by atoms with Crippen LogP contribution in [0.1, 0.15) is 17.2 Å². The van der Waals surface area contributed by atoms with Crippen molar-refractivity contribution in [2.24, 2.45) is 0 Å². The van der Waals surface area contributed by atoms with E-state index in [2.05, 4.69) is 0 Å². The summed E-state index contributed by atoms with van der Waals surface area (Å²) in [6, 6.07) is 10.6. The highest BCUT2D eigenvalue weighted by Crippen LogP contribution is 2.39. The van der Waals surface area contributed by atoms with E-state index < -0.39 is 33.5 Å². The first-order chi connectivity index (χ1) is 16.8. The number of aliphatic hydroxyl groups excluding tert-OH is 1. The Morgan fingerprint density at radius 1 is 1.06 bits per heavy atom. The van der Waals surface area contributed by atoms with E-state index in [1.165, 1.54) is 52.7 Å². The second-order valence-electron chi connectivity index (χ2n) is 8.12. The number of hydrogen-bond acceptors (Lipinski definition) is 8. The van der Waals surface area contributed by atoms with Crippen LogP contribution in [0.25, 0.3) is 5.76 Å². The number of sulfonamides is 1. The maximum absolute atomic E-state index is 13.0. The lowest BCUT2D eigenvalue weighted by Crippen LogP contribution is -2.40. The lowest BCUT2D eigenvalue weighted by Gasteiger charge is -2.26. The highest BCUT2D eigenvalue weighted by Gasteiger charge is 2.45. The standard InChI is InChI=1S/C24H26N2O8S/c1-33-13-12-26-21(16-2-6-18(27)7-3-16)20(23(29)24(26)30)22(28)17-4-8-19(9-5-17)35(31,32)25-10-14-34-15-11-25/h2-9,21,27-28H,10-15H2,1H3/b22-20+/t21-/m0/s1. The van der Waals surface area contributed by atoms with Gasteiger partial charge in [0.1, 0.15) is 11.5 Å². The van der Waals surface area contributed by atoms with Gasteiger partial charge in [-0.25, -0.2) is 8.42 Å². The highest BCUT2D eigenvalue weighted by atomic mass is 32.2. The van der Waals surface area contributed by atoms with Crippen molar-refractivity contribution in [3.8, 4) is 5.75 Å². The fourth-order valence-electron chi connectivity index (χ4n) is 4.18. The average molecular weight is 503 g/mol. The third kappa shape index (κ3) is 4.80. The Balaban J connectivity index is 1.73. The summed E-state index contributed by atoms with van der Waals surface area (Å²) in [5.74, 6) is -2.05. The largest absolute Gasteiger partial charge is 0.508 e. The number of aliphatic hydroxyl groups is 1. The zero-order valence-electron chi connectivity index (χ0n) is 19.1. The highest BCUT2D eigenvalue weighted by molar-refractivity contribution is 7.89. The normalized spacial score (nSPS) is 20.9. The first-order valence-electron chi connectivity index (χ1n) is 11.0. The van der Waals surface area contributed by atoms with Gasteiger partial charge in [-0.2, -0.15) is 4.31 Å². The molecule has 0 radical (unpaired) electrons. The molecule has 2 fully saturated rings. The minimum absolute atomic E-state index is 0.0136. The Morgan fingerprint density at radius 2 is 1.69 bits per heavy atom. The van der Waals surface area contributed by atoms with Gasteiger partial charge >= 0.3 is 0 Å². The van der Waals surface area contributed by atoms with E-state index in [4.69, 9.17) is 9.47 Å². The van der Waals surface area contributed by atoms with Crippen molar-refractivity contribution in [2.75, 3.05) is 46.6 Å². The van der Waals surface area contributed by atoms with Crippen LogP contribution in [-0.2, 0) is 29.1 Å². The number of phenols is 1. The van der Waals surface area contributed by atoms with Crippen LogP contribution >= 0.6 is 0 Å². The van der Waals surface area contributed by atoms with E-state index in [0.717, 1.165) is 0 Å². The molecular weight excluding hydrogens is 476 g/mol. The van der Waals surface area contributed by atoms with Crippen LogP contribution in [0, 0.1) is 0 Å². The second kappa shape index (κ2) is 10.2. The van der Waals surface area contributed by atoms with Crippen molar-refractivity contribution in [1.29, 1.82) is 0 Å². The van der Waals surface area contributed by atoms with Crippen LogP contribution in [0.5, 0.6) is 5.75 Å². The number of methoxy groups -OCH3 is 1. The van der Waals surface area contributed by atoms with Crippen LogP contribution in [0.4, 0.5) is 0 Å². The Labute approximate surface area is 203 Å². The van der Waals surface area contributed by atoms with E-state index >= 15 is 0 Å². The maximum Gasteiger partial charge on any atom is 0.295 e. The molecule has 186 valence electrons. The topological polar surface area (TPSA) is 134 Å². The van der Waals surface area contributed by atoms with Crippen molar-refractivity contribution in [2.45, 2.75) is 10.9 Å². The third-order valence-electron chi connectivity index (χ3n) is 6.02. The number of phenolic OH excluding ortho intramolecular Hbond substituents is 1. The van der Waals surface area contributed by atoms with Crippen molar-refractivity contribution in [3.05, 3.63) is 65.2 Å². The summed E-state index contributed by atoms with van der Waals surface area (Å²) in [5.41, 5.74) is 0.589. The molecule has 0 aromatic heterocycles.